The van der Waals surface area contributed by atoms with E-state index in [1.807, 2.05) is 30.8 Å². The molecule has 0 bridgehead atoms. The highest BCUT2D eigenvalue weighted by atomic mass is 32.2. The second-order valence-corrected chi connectivity index (χ2v) is 5.04. The van der Waals surface area contributed by atoms with Crippen LogP contribution < -0.4 is 11.3 Å². The highest BCUT2D eigenvalue weighted by molar-refractivity contribution is 7.98. The van der Waals surface area contributed by atoms with E-state index in [1.165, 1.54) is 6.20 Å². The van der Waals surface area contributed by atoms with Gasteiger partial charge in [-0.05, 0) is 25.1 Å². The summed E-state index contributed by atoms with van der Waals surface area (Å²) in [6.45, 7) is 1.96. The van der Waals surface area contributed by atoms with Crippen molar-refractivity contribution in [2.45, 2.75) is 17.7 Å². The second-order valence-electron chi connectivity index (χ2n) is 4.05. The SMILES string of the molecule is Cc1cc(SCc2ccc(C(=O)NN)cn2)n(C)n1. The minimum Gasteiger partial charge on any atom is -0.290 e. The third-order valence-corrected chi connectivity index (χ3v) is 3.66. The number of thioether (sulfide) groups is 1. The fourth-order valence-corrected chi connectivity index (χ4v) is 2.55. The number of hydrogen-bond donors (Lipinski definition) is 2. The summed E-state index contributed by atoms with van der Waals surface area (Å²) in [6.07, 6.45) is 1.52. The molecule has 0 radical (unpaired) electrons. The quantitative estimate of drug-likeness (QED) is 0.377. The molecule has 19 heavy (non-hydrogen) atoms. The third-order valence-electron chi connectivity index (χ3n) is 2.54. The van der Waals surface area contributed by atoms with E-state index in [2.05, 4.69) is 15.5 Å². The number of nitrogens with zero attached hydrogens (tertiary/aromatic N) is 3. The standard InChI is InChI=1S/C12H15N5OS/c1-8-5-11(17(2)16-8)19-7-10-4-3-9(6-14-10)12(18)15-13/h3-6H,7,13H2,1-2H3,(H,15,18). The molecule has 2 heterocycles. The molecule has 100 valence electrons. The van der Waals surface area contributed by atoms with E-state index in [4.69, 9.17) is 5.84 Å². The van der Waals surface area contributed by atoms with Gasteiger partial charge in [-0.2, -0.15) is 5.10 Å². The molecule has 0 fully saturated rings. The van der Waals surface area contributed by atoms with Gasteiger partial charge in [0.25, 0.3) is 5.91 Å². The number of nitrogens with two attached hydrogens (primary N) is 1. The van der Waals surface area contributed by atoms with Gasteiger partial charge in [-0.25, -0.2) is 5.84 Å². The number of carbonyl (C=O) groups is 1. The van der Waals surface area contributed by atoms with Gasteiger partial charge in [0.15, 0.2) is 0 Å². The Morgan fingerprint density at radius 1 is 1.53 bits per heavy atom. The van der Waals surface area contributed by atoms with Gasteiger partial charge in [-0.1, -0.05) is 0 Å². The van der Waals surface area contributed by atoms with Crippen LogP contribution in [0.25, 0.3) is 0 Å². The molecular formula is C12H15N5OS. The van der Waals surface area contributed by atoms with E-state index in [0.717, 1.165) is 22.2 Å². The van der Waals surface area contributed by atoms with Crippen LogP contribution >= 0.6 is 11.8 Å². The van der Waals surface area contributed by atoms with Crippen molar-refractivity contribution in [2.75, 3.05) is 0 Å². The average Bonchev–Trinajstić information content (AvgIpc) is 2.74. The highest BCUT2D eigenvalue weighted by Crippen LogP contribution is 2.22. The Hall–Kier alpha value is -1.86. The van der Waals surface area contributed by atoms with Crippen molar-refractivity contribution in [3.05, 3.63) is 41.3 Å². The first-order valence-electron chi connectivity index (χ1n) is 5.69. The molecule has 0 saturated heterocycles. The van der Waals surface area contributed by atoms with Gasteiger partial charge >= 0.3 is 0 Å². The number of rotatable bonds is 4. The van der Waals surface area contributed by atoms with E-state index in [9.17, 15) is 4.79 Å². The van der Waals surface area contributed by atoms with Gasteiger partial charge in [-0.15, -0.1) is 11.8 Å². The van der Waals surface area contributed by atoms with Crippen LogP contribution in [0.1, 0.15) is 21.7 Å². The van der Waals surface area contributed by atoms with Gasteiger partial charge < -0.3 is 0 Å². The maximum absolute atomic E-state index is 11.3. The zero-order valence-corrected chi connectivity index (χ0v) is 11.6. The van der Waals surface area contributed by atoms with Crippen LogP contribution in [0.3, 0.4) is 0 Å². The molecular weight excluding hydrogens is 262 g/mol. The Kier molecular flexibility index (Phi) is 4.18. The molecule has 0 unspecified atom stereocenters. The van der Waals surface area contributed by atoms with Gasteiger partial charge in [0.1, 0.15) is 0 Å². The number of nitrogens with one attached hydrogen (secondary N) is 1. The van der Waals surface area contributed by atoms with Gasteiger partial charge in [0.2, 0.25) is 0 Å². The molecule has 0 aliphatic heterocycles. The Labute approximate surface area is 115 Å². The summed E-state index contributed by atoms with van der Waals surface area (Å²) in [5.41, 5.74) is 4.42. The summed E-state index contributed by atoms with van der Waals surface area (Å²) in [5.74, 6) is 5.44. The summed E-state index contributed by atoms with van der Waals surface area (Å²) >= 11 is 1.65. The zero-order valence-electron chi connectivity index (χ0n) is 10.8. The predicted molar refractivity (Wildman–Crippen MR) is 73.4 cm³/mol. The summed E-state index contributed by atoms with van der Waals surface area (Å²) in [6, 6.07) is 5.56. The fraction of sp³-hybridized carbons (Fsp3) is 0.250. The van der Waals surface area contributed by atoms with E-state index in [-0.39, 0.29) is 5.91 Å². The molecule has 1 amide bonds. The lowest BCUT2D eigenvalue weighted by molar-refractivity contribution is 0.0953. The van der Waals surface area contributed by atoms with Crippen molar-refractivity contribution in [3.63, 3.8) is 0 Å². The van der Waals surface area contributed by atoms with Gasteiger partial charge in [0.05, 0.1) is 22.0 Å². The number of pyridine rings is 1. The van der Waals surface area contributed by atoms with Crippen molar-refractivity contribution in [2.24, 2.45) is 12.9 Å². The van der Waals surface area contributed by atoms with Crippen molar-refractivity contribution in [1.82, 2.24) is 20.2 Å². The molecule has 6 nitrogen and oxygen atoms in total. The molecule has 0 aliphatic carbocycles. The zero-order chi connectivity index (χ0) is 13.8. The molecule has 0 aliphatic rings. The molecule has 3 N–H and O–H groups in total. The van der Waals surface area contributed by atoms with Crippen LogP contribution in [0.15, 0.2) is 29.4 Å². The summed E-state index contributed by atoms with van der Waals surface area (Å²) in [4.78, 5) is 15.5. The molecule has 0 spiro atoms. The largest absolute Gasteiger partial charge is 0.290 e. The highest BCUT2D eigenvalue weighted by Gasteiger charge is 2.06. The fourth-order valence-electron chi connectivity index (χ4n) is 1.60. The lowest BCUT2D eigenvalue weighted by atomic mass is 10.2. The Morgan fingerprint density at radius 3 is 2.84 bits per heavy atom. The first kappa shape index (κ1) is 13.6. The average molecular weight is 277 g/mol. The maximum atomic E-state index is 11.3. The molecule has 2 rings (SSSR count). The summed E-state index contributed by atoms with van der Waals surface area (Å²) < 4.78 is 1.84. The first-order valence-corrected chi connectivity index (χ1v) is 6.68. The van der Waals surface area contributed by atoms with E-state index < -0.39 is 0 Å². The number of carbonyl (C=O) groups excluding carboxylic acids is 1. The number of hydrazine groups is 1. The van der Waals surface area contributed by atoms with Crippen LogP contribution in [0, 0.1) is 6.92 Å². The van der Waals surface area contributed by atoms with E-state index in [1.54, 1.807) is 17.8 Å². The molecule has 0 atom stereocenters. The smallest absolute Gasteiger partial charge is 0.266 e. The Bertz CT molecular complexity index is 578. The molecule has 0 saturated carbocycles. The van der Waals surface area contributed by atoms with Crippen LogP contribution in [0.5, 0.6) is 0 Å². The predicted octanol–water partition coefficient (Wildman–Crippen LogP) is 1.02. The van der Waals surface area contributed by atoms with Crippen molar-refractivity contribution in [3.8, 4) is 0 Å². The lowest BCUT2D eigenvalue weighted by Gasteiger charge is -2.03. The minimum atomic E-state index is -0.339. The normalized spacial score (nSPS) is 10.5. The number of aryl methyl sites for hydroxylation is 2. The maximum Gasteiger partial charge on any atom is 0.266 e. The van der Waals surface area contributed by atoms with Crippen molar-refractivity contribution in [1.29, 1.82) is 0 Å². The number of aromatic nitrogens is 3. The minimum absolute atomic E-state index is 0.339. The van der Waals surface area contributed by atoms with Crippen LogP contribution in [0.2, 0.25) is 0 Å². The lowest BCUT2D eigenvalue weighted by Crippen LogP contribution is -2.30. The Balaban J connectivity index is 2.00. The van der Waals surface area contributed by atoms with Crippen LogP contribution in [-0.4, -0.2) is 20.7 Å². The van der Waals surface area contributed by atoms with E-state index in [0.29, 0.717) is 5.56 Å². The second kappa shape index (κ2) is 5.85. The number of hydrogen-bond acceptors (Lipinski definition) is 5. The van der Waals surface area contributed by atoms with Crippen molar-refractivity contribution < 1.29 is 4.79 Å². The molecule has 2 aromatic rings. The number of amides is 1. The van der Waals surface area contributed by atoms with E-state index >= 15 is 0 Å². The molecule has 0 aromatic carbocycles. The topological polar surface area (TPSA) is 85.8 Å². The third kappa shape index (κ3) is 3.33. The Morgan fingerprint density at radius 2 is 2.32 bits per heavy atom. The van der Waals surface area contributed by atoms with Crippen LogP contribution in [-0.2, 0) is 12.8 Å². The molecule has 7 heteroatoms. The van der Waals surface area contributed by atoms with Crippen molar-refractivity contribution >= 4 is 17.7 Å². The van der Waals surface area contributed by atoms with Gasteiger partial charge in [0, 0.05) is 19.0 Å². The van der Waals surface area contributed by atoms with Crippen LogP contribution in [0.4, 0.5) is 0 Å². The summed E-state index contributed by atoms with van der Waals surface area (Å²) in [7, 11) is 1.91. The summed E-state index contributed by atoms with van der Waals surface area (Å²) in [5, 5.41) is 5.37. The first-order chi connectivity index (χ1) is 9.10. The molecule has 2 aromatic heterocycles. The van der Waals surface area contributed by atoms with Gasteiger partial charge in [-0.3, -0.25) is 19.9 Å². The monoisotopic (exact) mass is 277 g/mol. The number of nitrogen functional groups attached to an aromatic ring is 1.